The SMILES string of the molecule is C=C(C)C(=O)OCCNC(=O)OCCCCCCO.C=C(C)C(=O)OCCNC=O.CC.CC(C)C(=O)OCCCCCCO.CCC. The van der Waals surface area contributed by atoms with E-state index >= 15 is 0 Å². The van der Waals surface area contributed by atoms with Crippen LogP contribution in [0.25, 0.3) is 0 Å². The molecule has 48 heavy (non-hydrogen) atoms. The summed E-state index contributed by atoms with van der Waals surface area (Å²) in [5.74, 6) is -1.06. The molecule has 4 N–H and O–H groups in total. The molecule has 0 aromatic heterocycles. The van der Waals surface area contributed by atoms with E-state index in [0.717, 1.165) is 51.4 Å². The number of carbonyl (C=O) groups is 5. The first-order valence-corrected chi connectivity index (χ1v) is 17.0. The lowest BCUT2D eigenvalue weighted by Crippen LogP contribution is -2.29. The lowest BCUT2D eigenvalue weighted by Gasteiger charge is -2.07. The summed E-state index contributed by atoms with van der Waals surface area (Å²) in [6, 6.07) is 0. The molecule has 0 saturated heterocycles. The van der Waals surface area contributed by atoms with Crippen LogP contribution in [0, 0.1) is 5.92 Å². The predicted octanol–water partition coefficient (Wildman–Crippen LogP) is 5.42. The lowest BCUT2D eigenvalue weighted by molar-refractivity contribution is -0.147. The summed E-state index contributed by atoms with van der Waals surface area (Å²) in [7, 11) is 0. The van der Waals surface area contributed by atoms with E-state index in [4.69, 9.17) is 24.4 Å². The van der Waals surface area contributed by atoms with Gasteiger partial charge in [0.1, 0.15) is 13.2 Å². The highest BCUT2D eigenvalue weighted by atomic mass is 16.6. The second kappa shape index (κ2) is 45.7. The molecule has 0 spiro atoms. The van der Waals surface area contributed by atoms with Gasteiger partial charge in [-0.3, -0.25) is 9.59 Å². The number of nitrogens with one attached hydrogen (secondary N) is 2. The summed E-state index contributed by atoms with van der Waals surface area (Å²) in [4.78, 5) is 53.5. The Hall–Kier alpha value is -3.45. The van der Waals surface area contributed by atoms with Crippen LogP contribution in [0.4, 0.5) is 4.79 Å². The van der Waals surface area contributed by atoms with Crippen molar-refractivity contribution in [1.82, 2.24) is 10.6 Å². The molecule has 2 amide bonds. The number of hydrogen-bond acceptors (Lipinski definition) is 11. The first-order chi connectivity index (χ1) is 22.9. The van der Waals surface area contributed by atoms with Gasteiger partial charge in [0.25, 0.3) is 0 Å². The second-order valence-electron chi connectivity index (χ2n) is 10.3. The maximum Gasteiger partial charge on any atom is 0.407 e. The fraction of sp³-hybridized carbons (Fsp3) is 0.743. The van der Waals surface area contributed by atoms with Crippen LogP contribution in [-0.2, 0) is 38.1 Å². The Morgan fingerprint density at radius 3 is 1.44 bits per heavy atom. The molecule has 0 aliphatic rings. The summed E-state index contributed by atoms with van der Waals surface area (Å²) in [6.07, 6.45) is 8.46. The molecule has 13 nitrogen and oxygen atoms in total. The second-order valence-corrected chi connectivity index (χ2v) is 10.3. The molecule has 0 aromatic rings. The molecule has 0 unspecified atom stereocenters. The number of aliphatic hydroxyl groups is 2. The molecule has 0 aliphatic heterocycles. The minimum absolute atomic E-state index is 0.0301. The Labute approximate surface area is 290 Å². The third-order valence-electron chi connectivity index (χ3n) is 4.92. The molecular formula is C35H68N2O11. The zero-order valence-corrected chi connectivity index (χ0v) is 31.2. The average molecular weight is 693 g/mol. The molecular weight excluding hydrogens is 624 g/mol. The summed E-state index contributed by atoms with van der Waals surface area (Å²) in [5, 5.41) is 21.9. The Bertz CT molecular complexity index is 803. The number of hydrogen-bond donors (Lipinski definition) is 4. The zero-order chi connectivity index (χ0) is 38.0. The van der Waals surface area contributed by atoms with E-state index in [-0.39, 0.29) is 44.9 Å². The van der Waals surface area contributed by atoms with Gasteiger partial charge in [-0.2, -0.15) is 0 Å². The van der Waals surface area contributed by atoms with Crippen molar-refractivity contribution in [2.24, 2.45) is 5.92 Å². The largest absolute Gasteiger partial charge is 0.465 e. The van der Waals surface area contributed by atoms with Crippen LogP contribution in [0.2, 0.25) is 0 Å². The minimum Gasteiger partial charge on any atom is -0.465 e. The molecule has 0 saturated carbocycles. The number of esters is 3. The zero-order valence-electron chi connectivity index (χ0n) is 31.2. The molecule has 0 radical (unpaired) electrons. The normalized spacial score (nSPS) is 9.15. The third-order valence-corrected chi connectivity index (χ3v) is 4.92. The Kier molecular flexibility index (Phi) is 51.4. The van der Waals surface area contributed by atoms with Crippen molar-refractivity contribution >= 4 is 30.4 Å². The fourth-order valence-corrected chi connectivity index (χ4v) is 2.49. The highest BCUT2D eigenvalue weighted by molar-refractivity contribution is 5.87. The topological polar surface area (TPSA) is 187 Å². The van der Waals surface area contributed by atoms with Crippen LogP contribution in [0.1, 0.15) is 113 Å². The summed E-state index contributed by atoms with van der Waals surface area (Å²) < 4.78 is 19.3. The molecule has 0 aromatic carbocycles. The lowest BCUT2D eigenvalue weighted by atomic mass is 10.2. The Morgan fingerprint density at radius 2 is 1.06 bits per heavy atom. The highest BCUT2D eigenvalue weighted by Gasteiger charge is 2.07. The average Bonchev–Trinajstić information content (AvgIpc) is 3.06. The van der Waals surface area contributed by atoms with Gasteiger partial charge in [-0.25, -0.2) is 14.4 Å². The van der Waals surface area contributed by atoms with Gasteiger partial charge < -0.3 is 39.8 Å². The van der Waals surface area contributed by atoms with Crippen molar-refractivity contribution in [3.8, 4) is 0 Å². The molecule has 284 valence electrons. The van der Waals surface area contributed by atoms with E-state index in [1.54, 1.807) is 13.8 Å². The van der Waals surface area contributed by atoms with Gasteiger partial charge in [0.2, 0.25) is 6.41 Å². The molecule has 0 atom stereocenters. The van der Waals surface area contributed by atoms with Gasteiger partial charge in [0.05, 0.1) is 32.2 Å². The summed E-state index contributed by atoms with van der Waals surface area (Å²) >= 11 is 0. The number of rotatable bonds is 22. The van der Waals surface area contributed by atoms with E-state index in [2.05, 4.69) is 42.4 Å². The van der Waals surface area contributed by atoms with Crippen molar-refractivity contribution in [2.75, 3.05) is 52.7 Å². The van der Waals surface area contributed by atoms with Crippen molar-refractivity contribution in [3.05, 3.63) is 24.3 Å². The van der Waals surface area contributed by atoms with Crippen LogP contribution < -0.4 is 10.6 Å². The molecule has 0 aliphatic carbocycles. The Balaban J connectivity index is -0.000000186. The van der Waals surface area contributed by atoms with E-state index < -0.39 is 18.0 Å². The van der Waals surface area contributed by atoms with Gasteiger partial charge in [0, 0.05) is 24.4 Å². The summed E-state index contributed by atoms with van der Waals surface area (Å²) in [5.41, 5.74) is 0.682. The molecule has 0 heterocycles. The number of aliphatic hydroxyl groups excluding tert-OH is 2. The maximum atomic E-state index is 11.2. The van der Waals surface area contributed by atoms with Crippen LogP contribution in [-0.4, -0.2) is 93.4 Å². The number of amides is 2. The highest BCUT2D eigenvalue weighted by Crippen LogP contribution is 2.02. The molecule has 0 bridgehead atoms. The van der Waals surface area contributed by atoms with Crippen LogP contribution in [0.15, 0.2) is 24.3 Å². The van der Waals surface area contributed by atoms with Gasteiger partial charge >= 0.3 is 24.0 Å². The van der Waals surface area contributed by atoms with E-state index in [1.165, 1.54) is 6.42 Å². The quantitative estimate of drug-likeness (QED) is 0.0373. The van der Waals surface area contributed by atoms with Crippen molar-refractivity contribution in [1.29, 1.82) is 0 Å². The van der Waals surface area contributed by atoms with Crippen molar-refractivity contribution in [3.63, 3.8) is 0 Å². The van der Waals surface area contributed by atoms with E-state index in [1.807, 2.05) is 27.7 Å². The van der Waals surface area contributed by atoms with Crippen LogP contribution >= 0.6 is 0 Å². The first kappa shape index (κ1) is 54.0. The Morgan fingerprint density at radius 1 is 0.667 bits per heavy atom. The van der Waals surface area contributed by atoms with Crippen molar-refractivity contribution in [2.45, 2.75) is 113 Å². The van der Waals surface area contributed by atoms with Crippen LogP contribution in [0.5, 0.6) is 0 Å². The van der Waals surface area contributed by atoms with Gasteiger partial charge in [0.15, 0.2) is 0 Å². The number of ether oxygens (including phenoxy) is 4. The predicted molar refractivity (Wildman–Crippen MR) is 189 cm³/mol. The number of carbonyl (C=O) groups excluding carboxylic acids is 5. The van der Waals surface area contributed by atoms with Crippen LogP contribution in [0.3, 0.4) is 0 Å². The molecule has 0 rings (SSSR count). The number of alkyl carbamates (subject to hydrolysis) is 1. The maximum absolute atomic E-state index is 11.2. The third kappa shape index (κ3) is 52.1. The standard InChI is InChI=1S/C13H23NO5.C10H20O3.C7H11NO3.C3H8.C2H6/c1-11(2)12(16)18-10-7-14-13(17)19-9-6-4-3-5-8-15;1-9(2)10(12)13-8-6-4-3-5-7-11;1-6(2)7(10)11-4-3-8-5-9;1-3-2;1-2/h15H,1,3-10H2,2H3,(H,14,17);9,11H,3-8H2,1-2H3;5H,1,3-4H2,2H3,(H,8,9);3H2,1-2H3;1-2H3. The van der Waals surface area contributed by atoms with E-state index in [9.17, 15) is 24.0 Å². The van der Waals surface area contributed by atoms with Gasteiger partial charge in [-0.1, -0.05) is 74.0 Å². The molecule has 0 fully saturated rings. The fourth-order valence-electron chi connectivity index (χ4n) is 2.49. The smallest absolute Gasteiger partial charge is 0.407 e. The minimum atomic E-state index is -0.520. The van der Waals surface area contributed by atoms with Gasteiger partial charge in [-0.05, 0) is 52.4 Å². The van der Waals surface area contributed by atoms with Crippen molar-refractivity contribution < 1.29 is 53.1 Å². The summed E-state index contributed by atoms with van der Waals surface area (Å²) in [6.45, 7) is 24.0. The number of unbranched alkanes of at least 4 members (excludes halogenated alkanes) is 6. The van der Waals surface area contributed by atoms with E-state index in [0.29, 0.717) is 37.3 Å². The first-order valence-electron chi connectivity index (χ1n) is 17.0. The van der Waals surface area contributed by atoms with Gasteiger partial charge in [-0.15, -0.1) is 0 Å². The monoisotopic (exact) mass is 692 g/mol. The molecule has 13 heteroatoms.